The standard InChI is InChI=1S/C11H13Cl2NO3/c1-16-10-7(12)3-6(4-8(10)13)5-9(14)11(15)17-2/h3-4,9H,5,14H2,1-2H3. The van der Waals surface area contributed by atoms with Crippen molar-refractivity contribution < 1.29 is 14.3 Å². The summed E-state index contributed by atoms with van der Waals surface area (Å²) in [5.41, 5.74) is 6.39. The first-order chi connectivity index (χ1) is 7.99. The molecule has 6 heteroatoms. The molecule has 0 heterocycles. The predicted molar refractivity (Wildman–Crippen MR) is 66.7 cm³/mol. The van der Waals surface area contributed by atoms with Gasteiger partial charge in [-0.15, -0.1) is 0 Å². The largest absolute Gasteiger partial charge is 0.494 e. The molecular formula is C11H13Cl2NO3. The molecule has 0 spiro atoms. The van der Waals surface area contributed by atoms with Crippen LogP contribution in [0.25, 0.3) is 0 Å². The SMILES string of the molecule is COC(=O)C(N)Cc1cc(Cl)c(OC)c(Cl)c1. The van der Waals surface area contributed by atoms with Gasteiger partial charge in [0.1, 0.15) is 6.04 Å². The van der Waals surface area contributed by atoms with Crippen LogP contribution in [-0.2, 0) is 16.0 Å². The Bertz CT molecular complexity index is 400. The lowest BCUT2D eigenvalue weighted by molar-refractivity contribution is -0.142. The van der Waals surface area contributed by atoms with Crippen molar-refractivity contribution in [2.75, 3.05) is 14.2 Å². The molecule has 0 aliphatic heterocycles. The molecule has 0 saturated carbocycles. The van der Waals surface area contributed by atoms with Crippen LogP contribution in [0.15, 0.2) is 12.1 Å². The first kappa shape index (κ1) is 14.1. The molecule has 4 nitrogen and oxygen atoms in total. The number of halogens is 2. The predicted octanol–water partition coefficient (Wildman–Crippen LogP) is 2.04. The summed E-state index contributed by atoms with van der Waals surface area (Å²) in [5.74, 6) is -0.0724. The first-order valence-electron chi connectivity index (χ1n) is 4.85. The number of hydrogen-bond donors (Lipinski definition) is 1. The summed E-state index contributed by atoms with van der Waals surface area (Å²) in [6, 6.07) is 2.59. The molecule has 0 radical (unpaired) electrons. The monoisotopic (exact) mass is 277 g/mol. The second-order valence-corrected chi connectivity index (χ2v) is 4.24. The van der Waals surface area contributed by atoms with E-state index in [9.17, 15) is 4.79 Å². The molecule has 0 amide bonds. The minimum Gasteiger partial charge on any atom is -0.494 e. The normalized spacial score (nSPS) is 12.1. The van der Waals surface area contributed by atoms with E-state index >= 15 is 0 Å². The van der Waals surface area contributed by atoms with Gasteiger partial charge in [-0.1, -0.05) is 23.2 Å². The van der Waals surface area contributed by atoms with Crippen molar-refractivity contribution in [2.45, 2.75) is 12.5 Å². The molecule has 1 atom stereocenters. The van der Waals surface area contributed by atoms with E-state index in [2.05, 4.69) is 4.74 Å². The maximum atomic E-state index is 11.2. The van der Waals surface area contributed by atoms with Crippen molar-refractivity contribution in [3.8, 4) is 5.75 Å². The van der Waals surface area contributed by atoms with E-state index < -0.39 is 12.0 Å². The maximum Gasteiger partial charge on any atom is 0.322 e. The molecule has 0 aromatic heterocycles. The van der Waals surface area contributed by atoms with Crippen LogP contribution < -0.4 is 10.5 Å². The van der Waals surface area contributed by atoms with Crippen LogP contribution in [0, 0.1) is 0 Å². The van der Waals surface area contributed by atoms with E-state index in [1.165, 1.54) is 14.2 Å². The van der Waals surface area contributed by atoms with Gasteiger partial charge in [0.05, 0.1) is 24.3 Å². The van der Waals surface area contributed by atoms with Crippen molar-refractivity contribution in [2.24, 2.45) is 5.73 Å². The number of nitrogens with two attached hydrogens (primary N) is 1. The lowest BCUT2D eigenvalue weighted by Gasteiger charge is -2.12. The number of carbonyl (C=O) groups is 1. The molecule has 1 aromatic rings. The Labute approximate surface area is 110 Å². The second-order valence-electron chi connectivity index (χ2n) is 3.43. The summed E-state index contributed by atoms with van der Waals surface area (Å²) < 4.78 is 9.55. The van der Waals surface area contributed by atoms with Gasteiger partial charge in [0.25, 0.3) is 0 Å². The van der Waals surface area contributed by atoms with Gasteiger partial charge in [-0.25, -0.2) is 0 Å². The summed E-state index contributed by atoms with van der Waals surface area (Å²) >= 11 is 11.9. The second kappa shape index (κ2) is 6.10. The summed E-state index contributed by atoms with van der Waals surface area (Å²) in [6.45, 7) is 0. The van der Waals surface area contributed by atoms with Crippen LogP contribution in [-0.4, -0.2) is 26.2 Å². The highest BCUT2D eigenvalue weighted by molar-refractivity contribution is 6.37. The number of benzene rings is 1. The Morgan fingerprint density at radius 2 is 1.88 bits per heavy atom. The van der Waals surface area contributed by atoms with Crippen LogP contribution >= 0.6 is 23.2 Å². The van der Waals surface area contributed by atoms with Gasteiger partial charge in [0.15, 0.2) is 5.75 Å². The number of esters is 1. The van der Waals surface area contributed by atoms with Gasteiger partial charge in [-0.2, -0.15) is 0 Å². The van der Waals surface area contributed by atoms with Gasteiger partial charge in [-0.3, -0.25) is 4.79 Å². The van der Waals surface area contributed by atoms with Crippen LogP contribution in [0.3, 0.4) is 0 Å². The van der Waals surface area contributed by atoms with Crippen molar-refractivity contribution in [3.05, 3.63) is 27.7 Å². The minimum atomic E-state index is -0.736. The fourth-order valence-corrected chi connectivity index (χ4v) is 2.10. The molecule has 17 heavy (non-hydrogen) atoms. The number of hydrogen-bond acceptors (Lipinski definition) is 4. The van der Waals surface area contributed by atoms with Crippen LogP contribution in [0.2, 0.25) is 10.0 Å². The Kier molecular flexibility index (Phi) is 5.05. The van der Waals surface area contributed by atoms with E-state index in [1.54, 1.807) is 12.1 Å². The highest BCUT2D eigenvalue weighted by Gasteiger charge is 2.16. The fourth-order valence-electron chi connectivity index (χ4n) is 1.41. The minimum absolute atomic E-state index is 0.302. The molecule has 2 N–H and O–H groups in total. The van der Waals surface area contributed by atoms with Crippen molar-refractivity contribution in [1.29, 1.82) is 0 Å². The topological polar surface area (TPSA) is 61.5 Å². The van der Waals surface area contributed by atoms with Gasteiger partial charge in [-0.05, 0) is 24.1 Å². The summed E-state index contributed by atoms with van der Waals surface area (Å²) in [7, 11) is 2.77. The lowest BCUT2D eigenvalue weighted by atomic mass is 10.1. The summed E-state index contributed by atoms with van der Waals surface area (Å²) in [5, 5.41) is 0.763. The highest BCUT2D eigenvalue weighted by atomic mass is 35.5. The van der Waals surface area contributed by atoms with E-state index in [4.69, 9.17) is 33.7 Å². The average molecular weight is 278 g/mol. The van der Waals surface area contributed by atoms with Gasteiger partial charge in [0.2, 0.25) is 0 Å². The Morgan fingerprint density at radius 3 is 2.29 bits per heavy atom. The summed E-state index contributed by atoms with van der Waals surface area (Å²) in [4.78, 5) is 11.2. The number of carbonyl (C=O) groups excluding carboxylic acids is 1. The van der Waals surface area contributed by atoms with Crippen molar-refractivity contribution in [1.82, 2.24) is 0 Å². The number of ether oxygens (including phenoxy) is 2. The van der Waals surface area contributed by atoms with Crippen LogP contribution in [0.1, 0.15) is 5.56 Å². The molecular weight excluding hydrogens is 265 g/mol. The first-order valence-corrected chi connectivity index (χ1v) is 5.60. The highest BCUT2D eigenvalue weighted by Crippen LogP contribution is 2.34. The zero-order valence-corrected chi connectivity index (χ0v) is 11.0. The number of methoxy groups -OCH3 is 2. The molecule has 0 saturated heterocycles. The quantitative estimate of drug-likeness (QED) is 0.856. The van der Waals surface area contributed by atoms with E-state index in [0.29, 0.717) is 22.2 Å². The fraction of sp³-hybridized carbons (Fsp3) is 0.364. The molecule has 0 aliphatic rings. The molecule has 0 bridgehead atoms. The van der Waals surface area contributed by atoms with Crippen molar-refractivity contribution >= 4 is 29.2 Å². The van der Waals surface area contributed by atoms with Gasteiger partial charge < -0.3 is 15.2 Å². The third kappa shape index (κ3) is 3.49. The molecule has 1 aromatic carbocycles. The number of rotatable bonds is 4. The van der Waals surface area contributed by atoms with Gasteiger partial charge >= 0.3 is 5.97 Å². The van der Waals surface area contributed by atoms with Crippen LogP contribution in [0.4, 0.5) is 0 Å². The average Bonchev–Trinajstić information content (AvgIpc) is 2.27. The molecule has 1 unspecified atom stereocenters. The molecule has 0 fully saturated rings. The third-order valence-corrected chi connectivity index (χ3v) is 2.78. The zero-order chi connectivity index (χ0) is 13.0. The Balaban J connectivity index is 2.90. The zero-order valence-electron chi connectivity index (χ0n) is 9.50. The van der Waals surface area contributed by atoms with E-state index in [-0.39, 0.29) is 0 Å². The Hall–Kier alpha value is -0.970. The Morgan fingerprint density at radius 1 is 1.35 bits per heavy atom. The third-order valence-electron chi connectivity index (χ3n) is 2.22. The molecule has 94 valence electrons. The lowest BCUT2D eigenvalue weighted by Crippen LogP contribution is -2.33. The van der Waals surface area contributed by atoms with E-state index in [1.807, 2.05) is 0 Å². The van der Waals surface area contributed by atoms with E-state index in [0.717, 1.165) is 5.56 Å². The summed E-state index contributed by atoms with van der Waals surface area (Å²) in [6.07, 6.45) is 0.302. The molecule has 1 rings (SSSR count). The van der Waals surface area contributed by atoms with Gasteiger partial charge in [0, 0.05) is 0 Å². The molecule has 0 aliphatic carbocycles. The smallest absolute Gasteiger partial charge is 0.322 e. The van der Waals surface area contributed by atoms with Crippen molar-refractivity contribution in [3.63, 3.8) is 0 Å². The maximum absolute atomic E-state index is 11.2. The van der Waals surface area contributed by atoms with Crippen LogP contribution in [0.5, 0.6) is 5.75 Å².